The molecule has 0 saturated heterocycles. The largest absolute Gasteiger partial charge is 0.459 e. The first-order valence-corrected chi connectivity index (χ1v) is 4.16. The van der Waals surface area contributed by atoms with Crippen LogP contribution in [0.15, 0.2) is 12.7 Å². The van der Waals surface area contributed by atoms with Crippen LogP contribution in [0.2, 0.25) is 0 Å². The molecule has 12 heavy (non-hydrogen) atoms. The van der Waals surface area contributed by atoms with Gasteiger partial charge in [-0.2, -0.15) is 0 Å². The molecular weight excluding hydrogens is 176 g/mol. The van der Waals surface area contributed by atoms with Gasteiger partial charge in [-0.1, -0.05) is 13.0 Å². The highest BCUT2D eigenvalue weighted by molar-refractivity contribution is 5.85. The maximum Gasteiger partial charge on any atom is 0.330 e. The lowest BCUT2D eigenvalue weighted by Gasteiger charge is -2.20. The summed E-state index contributed by atoms with van der Waals surface area (Å²) in [4.78, 5) is 10.7. The standard InChI is InChI=1S/C9H14O2.ClH/c1-2-9(10)11-8-6-4-3-5-7-8;/h2,8H,1,3-7H2;1H. The zero-order valence-electron chi connectivity index (χ0n) is 7.12. The van der Waals surface area contributed by atoms with Crippen molar-refractivity contribution in [3.8, 4) is 0 Å². The summed E-state index contributed by atoms with van der Waals surface area (Å²) in [5.41, 5.74) is 0. The first kappa shape index (κ1) is 11.5. The van der Waals surface area contributed by atoms with E-state index in [0.29, 0.717) is 0 Å². The Morgan fingerprint density at radius 3 is 2.42 bits per heavy atom. The van der Waals surface area contributed by atoms with Gasteiger partial charge in [0.25, 0.3) is 0 Å². The van der Waals surface area contributed by atoms with Crippen molar-refractivity contribution in [2.45, 2.75) is 38.2 Å². The summed E-state index contributed by atoms with van der Waals surface area (Å²) in [5, 5.41) is 0. The molecule has 0 aromatic rings. The van der Waals surface area contributed by atoms with E-state index in [1.807, 2.05) is 0 Å². The summed E-state index contributed by atoms with van der Waals surface area (Å²) in [5.74, 6) is -0.281. The van der Waals surface area contributed by atoms with Crippen LogP contribution >= 0.6 is 12.4 Å². The molecule has 3 heteroatoms. The number of ether oxygens (including phenoxy) is 1. The van der Waals surface area contributed by atoms with E-state index in [0.717, 1.165) is 12.8 Å². The number of carbonyl (C=O) groups excluding carboxylic acids is 1. The van der Waals surface area contributed by atoms with Gasteiger partial charge < -0.3 is 4.74 Å². The van der Waals surface area contributed by atoms with Crippen molar-refractivity contribution in [2.24, 2.45) is 0 Å². The monoisotopic (exact) mass is 190 g/mol. The minimum atomic E-state index is -0.281. The molecule has 0 aromatic carbocycles. The lowest BCUT2D eigenvalue weighted by atomic mass is 9.98. The molecule has 1 aliphatic carbocycles. The van der Waals surface area contributed by atoms with E-state index in [4.69, 9.17) is 4.74 Å². The van der Waals surface area contributed by atoms with Crippen LogP contribution in [0.25, 0.3) is 0 Å². The SMILES string of the molecule is C=CC(=O)OC1CCCCC1.Cl. The Labute approximate surface area is 79.4 Å². The Balaban J connectivity index is 0.00000121. The molecule has 0 aromatic heterocycles. The van der Waals surface area contributed by atoms with Gasteiger partial charge in [0.05, 0.1) is 0 Å². The molecule has 1 saturated carbocycles. The fraction of sp³-hybridized carbons (Fsp3) is 0.667. The Kier molecular flexibility index (Phi) is 5.81. The smallest absolute Gasteiger partial charge is 0.330 e. The summed E-state index contributed by atoms with van der Waals surface area (Å²) in [6, 6.07) is 0. The van der Waals surface area contributed by atoms with Crippen molar-refractivity contribution >= 4 is 18.4 Å². The average molecular weight is 191 g/mol. The quantitative estimate of drug-likeness (QED) is 0.494. The fourth-order valence-corrected chi connectivity index (χ4v) is 1.40. The Hall–Kier alpha value is -0.500. The predicted octanol–water partition coefficient (Wildman–Crippen LogP) is 2.47. The third-order valence-corrected chi connectivity index (χ3v) is 2.00. The van der Waals surface area contributed by atoms with Crippen LogP contribution in [0.5, 0.6) is 0 Å². The van der Waals surface area contributed by atoms with Gasteiger partial charge in [-0.3, -0.25) is 0 Å². The van der Waals surface area contributed by atoms with Crippen molar-refractivity contribution in [1.29, 1.82) is 0 Å². The zero-order valence-corrected chi connectivity index (χ0v) is 7.94. The molecule has 0 unspecified atom stereocenters. The van der Waals surface area contributed by atoms with Gasteiger partial charge in [-0.25, -0.2) is 4.79 Å². The van der Waals surface area contributed by atoms with Gasteiger partial charge in [0.2, 0.25) is 0 Å². The number of esters is 1. The minimum absolute atomic E-state index is 0. The van der Waals surface area contributed by atoms with Gasteiger partial charge in [-0.05, 0) is 25.7 Å². The van der Waals surface area contributed by atoms with E-state index in [9.17, 15) is 4.79 Å². The van der Waals surface area contributed by atoms with Gasteiger partial charge in [0, 0.05) is 6.08 Å². The molecule has 0 atom stereocenters. The molecule has 0 spiro atoms. The first-order valence-electron chi connectivity index (χ1n) is 4.16. The number of carbonyl (C=O) groups is 1. The molecule has 1 aliphatic rings. The number of rotatable bonds is 2. The van der Waals surface area contributed by atoms with Crippen molar-refractivity contribution < 1.29 is 9.53 Å². The summed E-state index contributed by atoms with van der Waals surface area (Å²) < 4.78 is 5.08. The fourth-order valence-electron chi connectivity index (χ4n) is 1.40. The molecule has 70 valence electrons. The van der Waals surface area contributed by atoms with Crippen LogP contribution in [0.4, 0.5) is 0 Å². The van der Waals surface area contributed by atoms with E-state index in [1.165, 1.54) is 25.3 Å². The maximum absolute atomic E-state index is 10.7. The highest BCUT2D eigenvalue weighted by Crippen LogP contribution is 2.20. The molecule has 1 fully saturated rings. The van der Waals surface area contributed by atoms with Crippen LogP contribution in [0.3, 0.4) is 0 Å². The van der Waals surface area contributed by atoms with Crippen LogP contribution in [0.1, 0.15) is 32.1 Å². The van der Waals surface area contributed by atoms with Gasteiger partial charge >= 0.3 is 5.97 Å². The molecule has 2 nitrogen and oxygen atoms in total. The first-order chi connectivity index (χ1) is 5.33. The van der Waals surface area contributed by atoms with Crippen LogP contribution in [0, 0.1) is 0 Å². The molecular formula is C9H15ClO2. The summed E-state index contributed by atoms with van der Waals surface area (Å²) >= 11 is 0. The van der Waals surface area contributed by atoms with Gasteiger partial charge in [-0.15, -0.1) is 12.4 Å². The highest BCUT2D eigenvalue weighted by Gasteiger charge is 2.15. The molecule has 0 N–H and O–H groups in total. The second-order valence-electron chi connectivity index (χ2n) is 2.90. The number of hydrogen-bond donors (Lipinski definition) is 0. The van der Waals surface area contributed by atoms with Crippen molar-refractivity contribution in [3.63, 3.8) is 0 Å². The van der Waals surface area contributed by atoms with Crippen molar-refractivity contribution in [2.75, 3.05) is 0 Å². The maximum atomic E-state index is 10.7. The van der Waals surface area contributed by atoms with E-state index in [1.54, 1.807) is 0 Å². The predicted molar refractivity (Wildman–Crippen MR) is 50.4 cm³/mol. The minimum Gasteiger partial charge on any atom is -0.459 e. The normalized spacial score (nSPS) is 17.7. The average Bonchev–Trinajstić information content (AvgIpc) is 2.06. The molecule has 0 bridgehead atoms. The Bertz CT molecular complexity index is 151. The lowest BCUT2D eigenvalue weighted by Crippen LogP contribution is -2.19. The second-order valence-corrected chi connectivity index (χ2v) is 2.90. The third kappa shape index (κ3) is 3.77. The number of halogens is 1. The topological polar surface area (TPSA) is 26.3 Å². The van der Waals surface area contributed by atoms with Crippen molar-refractivity contribution in [1.82, 2.24) is 0 Å². The second kappa shape index (κ2) is 6.06. The Morgan fingerprint density at radius 1 is 1.33 bits per heavy atom. The molecule has 0 amide bonds. The third-order valence-electron chi connectivity index (χ3n) is 2.00. The number of hydrogen-bond acceptors (Lipinski definition) is 2. The van der Waals surface area contributed by atoms with E-state index >= 15 is 0 Å². The van der Waals surface area contributed by atoms with Crippen molar-refractivity contribution in [3.05, 3.63) is 12.7 Å². The van der Waals surface area contributed by atoms with Crippen LogP contribution in [-0.4, -0.2) is 12.1 Å². The summed E-state index contributed by atoms with van der Waals surface area (Å²) in [6.07, 6.45) is 7.11. The Morgan fingerprint density at radius 2 is 1.92 bits per heavy atom. The molecule has 1 rings (SSSR count). The van der Waals surface area contributed by atoms with Crippen LogP contribution in [-0.2, 0) is 9.53 Å². The zero-order chi connectivity index (χ0) is 8.10. The molecule has 0 radical (unpaired) electrons. The van der Waals surface area contributed by atoms with Crippen LogP contribution < -0.4 is 0 Å². The van der Waals surface area contributed by atoms with Gasteiger partial charge in [0.1, 0.15) is 6.10 Å². The van der Waals surface area contributed by atoms with Gasteiger partial charge in [0.15, 0.2) is 0 Å². The van der Waals surface area contributed by atoms with E-state index < -0.39 is 0 Å². The molecule has 0 heterocycles. The summed E-state index contributed by atoms with van der Waals surface area (Å²) in [7, 11) is 0. The molecule has 0 aliphatic heterocycles. The van der Waals surface area contributed by atoms with E-state index in [2.05, 4.69) is 6.58 Å². The van der Waals surface area contributed by atoms with E-state index in [-0.39, 0.29) is 24.5 Å². The highest BCUT2D eigenvalue weighted by atomic mass is 35.5. The summed E-state index contributed by atoms with van der Waals surface area (Å²) in [6.45, 7) is 3.35. The lowest BCUT2D eigenvalue weighted by molar-refractivity contribution is -0.144.